The number of aliphatic hydroxyl groups excluding tert-OH is 2. The number of nitriles is 1. The van der Waals surface area contributed by atoms with Gasteiger partial charge >= 0.3 is 0 Å². The first-order valence-corrected chi connectivity index (χ1v) is 7.21. The predicted molar refractivity (Wildman–Crippen MR) is 78.2 cm³/mol. The van der Waals surface area contributed by atoms with Crippen molar-refractivity contribution in [1.82, 2.24) is 14.6 Å². The molecule has 0 saturated carbocycles. The van der Waals surface area contributed by atoms with Gasteiger partial charge in [-0.3, -0.25) is 9.78 Å². The number of aromatic nitrogens is 3. The average Bonchev–Trinajstić information content (AvgIpc) is 2.99. The summed E-state index contributed by atoms with van der Waals surface area (Å²) in [6.07, 6.45) is -3.17. The number of hydrogen-bond acceptors (Lipinski definition) is 7. The topological polar surface area (TPSA) is 150 Å². The number of anilines is 1. The van der Waals surface area contributed by atoms with Crippen LogP contribution in [0.2, 0.25) is 0 Å². The lowest BCUT2D eigenvalue weighted by Gasteiger charge is -2.29. The molecule has 9 nitrogen and oxygen atoms in total. The zero-order valence-corrected chi connectivity index (χ0v) is 13.0. The van der Waals surface area contributed by atoms with E-state index in [1.54, 1.807) is 6.07 Å². The van der Waals surface area contributed by atoms with Crippen LogP contribution in [0, 0.1) is 11.3 Å². The fourth-order valence-corrected chi connectivity index (χ4v) is 3.31. The second-order valence-corrected chi connectivity index (χ2v) is 6.21. The minimum atomic E-state index is -2.74. The molecule has 122 valence electrons. The summed E-state index contributed by atoms with van der Waals surface area (Å²) in [6, 6.07) is 4.24. The Labute approximate surface area is 136 Å². The van der Waals surface area contributed by atoms with Crippen LogP contribution in [0.25, 0.3) is 5.52 Å². The first-order chi connectivity index (χ1) is 10.8. The van der Waals surface area contributed by atoms with Gasteiger partial charge in [-0.05, 0) is 28.1 Å². The Hall–Kier alpha value is -2.00. The van der Waals surface area contributed by atoms with E-state index in [0.717, 1.165) is 4.52 Å². The summed E-state index contributed by atoms with van der Waals surface area (Å²) in [5, 5.41) is 32.6. The first-order valence-electron chi connectivity index (χ1n) is 6.42. The molecule has 2 aromatic heterocycles. The van der Waals surface area contributed by atoms with Gasteiger partial charge in [-0.2, -0.15) is 5.26 Å². The zero-order chi connectivity index (χ0) is 17.0. The fraction of sp³-hybridized carbons (Fsp3) is 0.417. The van der Waals surface area contributed by atoms with Crippen LogP contribution in [0.5, 0.6) is 0 Å². The van der Waals surface area contributed by atoms with E-state index in [1.165, 1.54) is 12.1 Å². The molecule has 5 N–H and O–H groups in total. The van der Waals surface area contributed by atoms with Crippen molar-refractivity contribution >= 4 is 27.4 Å². The lowest BCUT2D eigenvalue weighted by Crippen LogP contribution is -2.46. The Morgan fingerprint density at radius 2 is 2.35 bits per heavy atom. The van der Waals surface area contributed by atoms with Crippen molar-refractivity contribution in [3.8, 4) is 6.07 Å². The lowest BCUT2D eigenvalue weighted by molar-refractivity contribution is -0.0587. The van der Waals surface area contributed by atoms with E-state index in [-0.39, 0.29) is 17.2 Å². The van der Waals surface area contributed by atoms with Crippen molar-refractivity contribution in [3.63, 3.8) is 0 Å². The molecule has 2 aromatic rings. The molecule has 4 atom stereocenters. The minimum absolute atomic E-state index is 0.0117. The van der Waals surface area contributed by atoms with Crippen LogP contribution in [-0.4, -0.2) is 48.2 Å². The van der Waals surface area contributed by atoms with Crippen molar-refractivity contribution in [2.24, 2.45) is 0 Å². The average molecular weight is 388 g/mol. The van der Waals surface area contributed by atoms with E-state index >= 15 is 4.39 Å². The number of hydrogen-bond donors (Lipinski definition) is 4. The second kappa shape index (κ2) is 5.00. The van der Waals surface area contributed by atoms with Gasteiger partial charge in [-0.25, -0.2) is 8.91 Å². The Balaban J connectivity index is 2.32. The molecule has 23 heavy (non-hydrogen) atoms. The number of fused-ring (bicyclic) bond motifs is 1. The van der Waals surface area contributed by atoms with Crippen LogP contribution in [0.15, 0.2) is 16.9 Å². The molecule has 0 amide bonds. The maximum atomic E-state index is 15.1. The molecule has 1 fully saturated rings. The van der Waals surface area contributed by atoms with E-state index in [1.807, 2.05) is 0 Å². The molecule has 3 rings (SSSR count). The van der Waals surface area contributed by atoms with Crippen molar-refractivity contribution < 1.29 is 19.3 Å². The van der Waals surface area contributed by atoms with Crippen LogP contribution >= 0.6 is 15.9 Å². The number of rotatable bonds is 2. The molecule has 1 aliphatic rings. The SMILES string of the molecule is N#C[C@@]1(c2ccc3c(=O)[nH]c(N)nn23)O[C@H](CO)[C@H](O)C1(F)Br. The number of nitrogens with two attached hydrogens (primary N) is 1. The van der Waals surface area contributed by atoms with Gasteiger partial charge in [0.05, 0.1) is 12.3 Å². The Morgan fingerprint density at radius 3 is 2.91 bits per heavy atom. The molecule has 0 aromatic carbocycles. The third kappa shape index (κ3) is 1.93. The number of nitrogens with zero attached hydrogens (tertiary/aromatic N) is 3. The smallest absolute Gasteiger partial charge is 0.276 e. The maximum absolute atomic E-state index is 15.1. The van der Waals surface area contributed by atoms with Gasteiger partial charge in [0.15, 0.2) is 0 Å². The Morgan fingerprint density at radius 1 is 1.65 bits per heavy atom. The third-order valence-electron chi connectivity index (χ3n) is 3.76. The van der Waals surface area contributed by atoms with Crippen LogP contribution in [0.1, 0.15) is 5.69 Å². The molecule has 0 radical (unpaired) electrons. The summed E-state index contributed by atoms with van der Waals surface area (Å²) in [4.78, 5) is 14.1. The number of H-pyrrole nitrogens is 1. The lowest BCUT2D eigenvalue weighted by atomic mass is 9.93. The van der Waals surface area contributed by atoms with E-state index < -0.39 is 34.6 Å². The molecular formula is C12H11BrFN5O4. The summed E-state index contributed by atoms with van der Waals surface area (Å²) in [6.45, 7) is -0.707. The van der Waals surface area contributed by atoms with Gasteiger partial charge in [0, 0.05) is 0 Å². The number of nitrogen functional groups attached to an aromatic ring is 1. The summed E-state index contributed by atoms with van der Waals surface area (Å²) >= 11 is 2.68. The summed E-state index contributed by atoms with van der Waals surface area (Å²) in [5.41, 5.74) is 2.40. The molecule has 11 heteroatoms. The third-order valence-corrected chi connectivity index (χ3v) is 4.78. The number of nitrogens with one attached hydrogen (secondary N) is 1. The number of halogens is 2. The molecule has 0 spiro atoms. The largest absolute Gasteiger partial charge is 0.394 e. The first kappa shape index (κ1) is 15.9. The van der Waals surface area contributed by atoms with Gasteiger partial charge < -0.3 is 20.7 Å². The number of aromatic amines is 1. The highest BCUT2D eigenvalue weighted by Gasteiger charge is 2.68. The monoisotopic (exact) mass is 387 g/mol. The van der Waals surface area contributed by atoms with Gasteiger partial charge in [-0.15, -0.1) is 5.10 Å². The number of aliphatic hydroxyl groups is 2. The highest BCUT2D eigenvalue weighted by molar-refractivity contribution is 9.10. The highest BCUT2D eigenvalue weighted by atomic mass is 79.9. The van der Waals surface area contributed by atoms with E-state index in [4.69, 9.17) is 10.5 Å². The van der Waals surface area contributed by atoms with Gasteiger partial charge in [0.1, 0.15) is 23.8 Å². The van der Waals surface area contributed by atoms with E-state index in [9.17, 15) is 20.3 Å². The second-order valence-electron chi connectivity index (χ2n) is 5.05. The summed E-state index contributed by atoms with van der Waals surface area (Å²) < 4.78 is 18.6. The molecule has 1 aliphatic heterocycles. The Kier molecular flexibility index (Phi) is 3.45. The fourth-order valence-electron chi connectivity index (χ4n) is 2.63. The Bertz CT molecular complexity index is 874. The van der Waals surface area contributed by atoms with Gasteiger partial charge in [0.2, 0.25) is 16.1 Å². The molecule has 1 unspecified atom stereocenters. The maximum Gasteiger partial charge on any atom is 0.276 e. The molecule has 1 saturated heterocycles. The van der Waals surface area contributed by atoms with Crippen molar-refractivity contribution in [2.75, 3.05) is 12.3 Å². The predicted octanol–water partition coefficient (Wildman–Crippen LogP) is -0.864. The zero-order valence-electron chi connectivity index (χ0n) is 11.4. The van der Waals surface area contributed by atoms with Crippen LogP contribution in [0.4, 0.5) is 10.3 Å². The van der Waals surface area contributed by atoms with Crippen molar-refractivity contribution in [2.45, 2.75) is 22.4 Å². The molecular weight excluding hydrogens is 377 g/mol. The standard InChI is InChI=1S/C12H11BrFN5O4/c13-12(14)8(21)6(3-20)23-11(12,4-15)7-2-1-5-9(22)17-10(16)18-19(5)7/h1-2,6,8,20-21H,3H2,(H3,16,17,18,22)/t6-,8+,11+,12?/m1/s1. The number of ether oxygens (including phenoxy) is 1. The molecule has 0 aliphatic carbocycles. The van der Waals surface area contributed by atoms with Crippen LogP contribution in [0.3, 0.4) is 0 Å². The van der Waals surface area contributed by atoms with E-state index in [0.29, 0.717) is 0 Å². The van der Waals surface area contributed by atoms with Crippen LogP contribution < -0.4 is 11.3 Å². The summed E-state index contributed by atoms with van der Waals surface area (Å²) in [7, 11) is 0. The van der Waals surface area contributed by atoms with Crippen molar-refractivity contribution in [1.29, 1.82) is 5.26 Å². The van der Waals surface area contributed by atoms with E-state index in [2.05, 4.69) is 26.0 Å². The quantitative estimate of drug-likeness (QED) is 0.489. The van der Waals surface area contributed by atoms with Crippen LogP contribution in [-0.2, 0) is 10.3 Å². The van der Waals surface area contributed by atoms with Crippen molar-refractivity contribution in [3.05, 3.63) is 28.2 Å². The minimum Gasteiger partial charge on any atom is -0.394 e. The normalized spacial score (nSPS) is 33.9. The summed E-state index contributed by atoms with van der Waals surface area (Å²) in [5.74, 6) is -0.246. The molecule has 3 heterocycles. The van der Waals surface area contributed by atoms with Gasteiger partial charge in [-0.1, -0.05) is 0 Å². The molecule has 0 bridgehead atoms. The number of alkyl halides is 2. The van der Waals surface area contributed by atoms with Gasteiger partial charge in [0.25, 0.3) is 5.56 Å². The highest BCUT2D eigenvalue weighted by Crippen LogP contribution is 2.53.